The summed E-state index contributed by atoms with van der Waals surface area (Å²) < 4.78 is 1.55. The average Bonchev–Trinajstić information content (AvgIpc) is 2.68. The van der Waals surface area contributed by atoms with Crippen LogP contribution in [0.3, 0.4) is 0 Å². The van der Waals surface area contributed by atoms with Crippen LogP contribution in [0.15, 0.2) is 24.3 Å². The quantitative estimate of drug-likeness (QED) is 0.759. The monoisotopic (exact) mass is 234 g/mol. The fraction of sp³-hybridized carbons (Fsp3) is 0.333. The number of hydrogen-bond acceptors (Lipinski definition) is 4. The first-order valence-corrected chi connectivity index (χ1v) is 5.39. The number of carbonyl (C=O) groups is 1. The molecule has 1 atom stereocenters. The SMILES string of the molecule is CC(=O)c1nn(CC(O)CO)c2ccccc12. The molecule has 0 radical (unpaired) electrons. The molecule has 0 spiro atoms. The van der Waals surface area contributed by atoms with Crippen LogP contribution < -0.4 is 0 Å². The Labute approximate surface area is 98.3 Å². The Balaban J connectivity index is 2.52. The number of benzene rings is 1. The van der Waals surface area contributed by atoms with E-state index >= 15 is 0 Å². The van der Waals surface area contributed by atoms with E-state index in [1.807, 2.05) is 24.3 Å². The van der Waals surface area contributed by atoms with Gasteiger partial charge >= 0.3 is 0 Å². The van der Waals surface area contributed by atoms with Gasteiger partial charge in [0.05, 0.1) is 24.8 Å². The highest BCUT2D eigenvalue weighted by Gasteiger charge is 2.15. The lowest BCUT2D eigenvalue weighted by molar-refractivity contribution is 0.0790. The van der Waals surface area contributed by atoms with Crippen molar-refractivity contribution in [2.45, 2.75) is 19.6 Å². The number of hydrogen-bond donors (Lipinski definition) is 2. The third-order valence-electron chi connectivity index (χ3n) is 2.59. The van der Waals surface area contributed by atoms with Crippen LogP contribution in [0.5, 0.6) is 0 Å². The van der Waals surface area contributed by atoms with Gasteiger partial charge in [0.15, 0.2) is 5.78 Å². The van der Waals surface area contributed by atoms with Gasteiger partial charge in [0.25, 0.3) is 0 Å². The molecule has 0 saturated carbocycles. The van der Waals surface area contributed by atoms with E-state index in [2.05, 4.69) is 5.10 Å². The minimum absolute atomic E-state index is 0.113. The first-order chi connectivity index (χ1) is 8.13. The topological polar surface area (TPSA) is 75.4 Å². The predicted molar refractivity (Wildman–Crippen MR) is 62.8 cm³/mol. The van der Waals surface area contributed by atoms with Gasteiger partial charge in [-0.1, -0.05) is 18.2 Å². The molecule has 90 valence electrons. The van der Waals surface area contributed by atoms with Crippen LogP contribution in [0.2, 0.25) is 0 Å². The van der Waals surface area contributed by atoms with E-state index in [-0.39, 0.29) is 18.9 Å². The van der Waals surface area contributed by atoms with Crippen LogP contribution >= 0.6 is 0 Å². The minimum atomic E-state index is -0.877. The number of para-hydroxylation sites is 1. The van der Waals surface area contributed by atoms with Crippen LogP contribution in [0.1, 0.15) is 17.4 Å². The third kappa shape index (κ3) is 2.20. The average molecular weight is 234 g/mol. The van der Waals surface area contributed by atoms with E-state index in [4.69, 9.17) is 5.11 Å². The summed E-state index contributed by atoms with van der Waals surface area (Å²) in [6, 6.07) is 7.33. The Kier molecular flexibility index (Phi) is 3.21. The molecule has 0 fully saturated rings. The summed E-state index contributed by atoms with van der Waals surface area (Å²) in [4.78, 5) is 11.4. The Morgan fingerprint density at radius 2 is 2.18 bits per heavy atom. The number of rotatable bonds is 4. The van der Waals surface area contributed by atoms with Gasteiger partial charge in [0.1, 0.15) is 5.69 Å². The second-order valence-electron chi connectivity index (χ2n) is 3.94. The summed E-state index contributed by atoms with van der Waals surface area (Å²) >= 11 is 0. The molecular weight excluding hydrogens is 220 g/mol. The third-order valence-corrected chi connectivity index (χ3v) is 2.59. The molecule has 1 unspecified atom stereocenters. The van der Waals surface area contributed by atoms with Crippen molar-refractivity contribution in [1.29, 1.82) is 0 Å². The van der Waals surface area contributed by atoms with Crippen LogP contribution in [0.25, 0.3) is 10.9 Å². The Morgan fingerprint density at radius 3 is 2.82 bits per heavy atom. The van der Waals surface area contributed by atoms with Crippen molar-refractivity contribution in [2.24, 2.45) is 0 Å². The largest absolute Gasteiger partial charge is 0.394 e. The first kappa shape index (κ1) is 11.8. The molecule has 1 aromatic carbocycles. The first-order valence-electron chi connectivity index (χ1n) is 5.39. The maximum Gasteiger partial charge on any atom is 0.180 e. The molecular formula is C12H14N2O3. The van der Waals surface area contributed by atoms with Crippen molar-refractivity contribution < 1.29 is 15.0 Å². The van der Waals surface area contributed by atoms with Crippen molar-refractivity contribution in [2.75, 3.05) is 6.61 Å². The second kappa shape index (κ2) is 4.65. The van der Waals surface area contributed by atoms with Gasteiger partial charge in [0, 0.05) is 12.3 Å². The van der Waals surface area contributed by atoms with E-state index in [9.17, 15) is 9.90 Å². The smallest absolute Gasteiger partial charge is 0.180 e. The molecule has 2 aromatic rings. The molecule has 5 nitrogen and oxygen atoms in total. The fourth-order valence-electron chi connectivity index (χ4n) is 1.78. The van der Waals surface area contributed by atoms with Crippen molar-refractivity contribution in [3.05, 3.63) is 30.0 Å². The number of fused-ring (bicyclic) bond motifs is 1. The Morgan fingerprint density at radius 1 is 1.47 bits per heavy atom. The van der Waals surface area contributed by atoms with E-state index in [1.54, 1.807) is 4.68 Å². The second-order valence-corrected chi connectivity index (χ2v) is 3.94. The normalized spacial score (nSPS) is 12.9. The zero-order chi connectivity index (χ0) is 12.4. The molecule has 1 aromatic heterocycles. The molecule has 0 saturated heterocycles. The maximum atomic E-state index is 11.4. The lowest BCUT2D eigenvalue weighted by atomic mass is 10.2. The molecule has 17 heavy (non-hydrogen) atoms. The molecule has 5 heteroatoms. The van der Waals surface area contributed by atoms with Gasteiger partial charge in [-0.15, -0.1) is 0 Å². The molecule has 0 amide bonds. The highest BCUT2D eigenvalue weighted by Crippen LogP contribution is 2.19. The summed E-state index contributed by atoms with van der Waals surface area (Å²) in [6.07, 6.45) is -0.877. The summed E-state index contributed by atoms with van der Waals surface area (Å²) in [5.41, 5.74) is 1.18. The molecule has 0 bridgehead atoms. The van der Waals surface area contributed by atoms with E-state index in [0.717, 1.165) is 10.9 Å². The molecule has 0 aliphatic rings. The van der Waals surface area contributed by atoms with Crippen molar-refractivity contribution in [3.8, 4) is 0 Å². The van der Waals surface area contributed by atoms with Gasteiger partial charge in [-0.3, -0.25) is 9.48 Å². The number of nitrogens with zero attached hydrogens (tertiary/aromatic N) is 2. The van der Waals surface area contributed by atoms with Crippen LogP contribution in [-0.4, -0.2) is 38.5 Å². The van der Waals surface area contributed by atoms with Crippen LogP contribution in [0, 0.1) is 0 Å². The van der Waals surface area contributed by atoms with Gasteiger partial charge in [-0.2, -0.15) is 5.10 Å². The predicted octanol–water partition coefficient (Wildman–Crippen LogP) is 0.592. The molecule has 2 N–H and O–H groups in total. The van der Waals surface area contributed by atoms with Gasteiger partial charge in [-0.25, -0.2) is 0 Å². The number of aromatic nitrogens is 2. The minimum Gasteiger partial charge on any atom is -0.394 e. The summed E-state index contributed by atoms with van der Waals surface area (Å²) in [5.74, 6) is -0.113. The van der Waals surface area contributed by atoms with Crippen molar-refractivity contribution in [3.63, 3.8) is 0 Å². The summed E-state index contributed by atoms with van der Waals surface area (Å²) in [7, 11) is 0. The number of aliphatic hydroxyl groups excluding tert-OH is 2. The fourth-order valence-corrected chi connectivity index (χ4v) is 1.78. The zero-order valence-corrected chi connectivity index (χ0v) is 9.50. The number of ketones is 1. The van der Waals surface area contributed by atoms with Crippen molar-refractivity contribution >= 4 is 16.7 Å². The standard InChI is InChI=1S/C12H14N2O3/c1-8(16)12-10-4-2-3-5-11(10)14(13-12)6-9(17)7-15/h2-5,9,15,17H,6-7H2,1H3. The lowest BCUT2D eigenvalue weighted by Crippen LogP contribution is -2.20. The Bertz CT molecular complexity index is 548. The number of aliphatic hydroxyl groups is 2. The Hall–Kier alpha value is -1.72. The van der Waals surface area contributed by atoms with E-state index in [1.165, 1.54) is 6.92 Å². The van der Waals surface area contributed by atoms with Crippen LogP contribution in [-0.2, 0) is 6.54 Å². The number of Topliss-reactive ketones (excluding diaryl/α,β-unsaturated/α-hetero) is 1. The van der Waals surface area contributed by atoms with E-state index < -0.39 is 6.10 Å². The van der Waals surface area contributed by atoms with E-state index in [0.29, 0.717) is 5.69 Å². The van der Waals surface area contributed by atoms with Crippen molar-refractivity contribution in [1.82, 2.24) is 9.78 Å². The highest BCUT2D eigenvalue weighted by atomic mass is 16.3. The van der Waals surface area contributed by atoms with Crippen LogP contribution in [0.4, 0.5) is 0 Å². The highest BCUT2D eigenvalue weighted by molar-refractivity contribution is 6.04. The zero-order valence-electron chi connectivity index (χ0n) is 9.50. The summed E-state index contributed by atoms with van der Waals surface area (Å²) in [5, 5.41) is 23.2. The molecule has 1 heterocycles. The number of carbonyl (C=O) groups excluding carboxylic acids is 1. The lowest BCUT2D eigenvalue weighted by Gasteiger charge is -2.07. The maximum absolute atomic E-state index is 11.4. The molecule has 0 aliphatic heterocycles. The van der Waals surface area contributed by atoms with Gasteiger partial charge < -0.3 is 10.2 Å². The molecule has 2 rings (SSSR count). The van der Waals surface area contributed by atoms with Gasteiger partial charge in [-0.05, 0) is 6.07 Å². The summed E-state index contributed by atoms with van der Waals surface area (Å²) in [6.45, 7) is 1.30. The molecule has 0 aliphatic carbocycles. The van der Waals surface area contributed by atoms with Gasteiger partial charge in [0.2, 0.25) is 0 Å².